The Bertz CT molecular complexity index is 3700. The van der Waals surface area contributed by atoms with Crippen molar-refractivity contribution in [2.24, 2.45) is 0 Å². The molecule has 66 heavy (non-hydrogen) atoms. The number of aromatic nitrogens is 1. The molecule has 0 radical (unpaired) electrons. The zero-order valence-corrected chi connectivity index (χ0v) is 37.4. The molecule has 0 unspecified atom stereocenters. The van der Waals surface area contributed by atoms with Gasteiger partial charge in [0.05, 0.1) is 15.6 Å². The van der Waals surface area contributed by atoms with Crippen molar-refractivity contribution in [3.8, 4) is 44.0 Å². The first-order valence-electron chi connectivity index (χ1n) is 22.4. The van der Waals surface area contributed by atoms with Crippen LogP contribution in [0.25, 0.3) is 74.3 Å². The fourth-order valence-corrected chi connectivity index (χ4v) is 12.6. The maximum Gasteiger partial charge on any atom is 0.124 e. The standard InChI is InChI=1S/C62H40N2S2/c1-4-15-41(16-5-1)42-27-29-44(30-28-42)61-63-57-38-36-49(40-59(57)66-61)64(47-33-31-43(32-34-47)50-23-14-24-54-53-22-11-13-26-58(53)65-60(50)54)48-35-37-52-51-21-10-12-25-55(51)62(56(52)39-48,45-17-6-2-7-18-45)46-19-8-3-9-20-46/h1-40H. The Kier molecular flexibility index (Phi) is 9.16. The van der Waals surface area contributed by atoms with Gasteiger partial charge in [0.15, 0.2) is 0 Å². The first kappa shape index (κ1) is 38.6. The van der Waals surface area contributed by atoms with Gasteiger partial charge in [-0.1, -0.05) is 194 Å². The van der Waals surface area contributed by atoms with E-state index in [1.54, 1.807) is 11.3 Å². The molecule has 0 atom stereocenters. The third-order valence-electron chi connectivity index (χ3n) is 13.4. The second kappa shape index (κ2) is 15.7. The molecule has 1 aliphatic carbocycles. The Balaban J connectivity index is 0.977. The average Bonchev–Trinajstić information content (AvgIpc) is 4.08. The van der Waals surface area contributed by atoms with Crippen LogP contribution >= 0.6 is 22.7 Å². The van der Waals surface area contributed by atoms with Crippen LogP contribution in [0, 0.1) is 0 Å². The molecular formula is C62H40N2S2. The first-order chi connectivity index (χ1) is 32.7. The molecule has 0 spiro atoms. The van der Waals surface area contributed by atoms with Gasteiger partial charge in [-0.2, -0.15) is 0 Å². The highest BCUT2D eigenvalue weighted by molar-refractivity contribution is 7.26. The minimum atomic E-state index is -0.518. The van der Waals surface area contributed by atoms with Crippen molar-refractivity contribution >= 4 is 70.1 Å². The topological polar surface area (TPSA) is 16.1 Å². The average molecular weight is 877 g/mol. The molecule has 2 heterocycles. The van der Waals surface area contributed by atoms with E-state index in [4.69, 9.17) is 4.98 Å². The maximum absolute atomic E-state index is 5.17. The summed E-state index contributed by atoms with van der Waals surface area (Å²) in [4.78, 5) is 7.61. The molecule has 12 aromatic rings. The normalized spacial score (nSPS) is 12.7. The summed E-state index contributed by atoms with van der Waals surface area (Å²) in [5.41, 5.74) is 17.3. The van der Waals surface area contributed by atoms with Crippen LogP contribution in [0.15, 0.2) is 243 Å². The second-order valence-corrected chi connectivity index (χ2v) is 19.1. The van der Waals surface area contributed by atoms with Gasteiger partial charge in [0.25, 0.3) is 0 Å². The number of thiophene rings is 1. The van der Waals surface area contributed by atoms with Crippen LogP contribution in [0.3, 0.4) is 0 Å². The first-order valence-corrected chi connectivity index (χ1v) is 24.1. The monoisotopic (exact) mass is 876 g/mol. The Morgan fingerprint density at radius 1 is 0.348 bits per heavy atom. The molecule has 0 amide bonds. The summed E-state index contributed by atoms with van der Waals surface area (Å²) in [7, 11) is 0. The van der Waals surface area contributed by atoms with Crippen LogP contribution in [0.4, 0.5) is 17.1 Å². The molecule has 1 aliphatic rings. The van der Waals surface area contributed by atoms with Crippen LogP contribution in [0.2, 0.25) is 0 Å². The van der Waals surface area contributed by atoms with Gasteiger partial charge in [-0.3, -0.25) is 0 Å². The Labute approximate surface area is 392 Å². The molecule has 0 saturated carbocycles. The van der Waals surface area contributed by atoms with E-state index in [2.05, 4.69) is 248 Å². The van der Waals surface area contributed by atoms with Gasteiger partial charge < -0.3 is 4.90 Å². The Morgan fingerprint density at radius 3 is 1.68 bits per heavy atom. The molecule has 4 heteroatoms. The fraction of sp³-hybridized carbons (Fsp3) is 0.0161. The molecule has 10 aromatic carbocycles. The summed E-state index contributed by atoms with van der Waals surface area (Å²) in [6.45, 7) is 0. The molecule has 0 saturated heterocycles. The Morgan fingerprint density at radius 2 is 0.909 bits per heavy atom. The molecule has 0 bridgehead atoms. The lowest BCUT2D eigenvalue weighted by molar-refractivity contribution is 0.768. The molecule has 2 nitrogen and oxygen atoms in total. The fourth-order valence-electron chi connectivity index (χ4n) is 10.4. The number of hydrogen-bond donors (Lipinski definition) is 0. The van der Waals surface area contributed by atoms with E-state index in [1.165, 1.54) is 75.8 Å². The predicted molar refractivity (Wildman–Crippen MR) is 281 cm³/mol. The van der Waals surface area contributed by atoms with Crippen molar-refractivity contribution < 1.29 is 0 Å². The van der Waals surface area contributed by atoms with Crippen molar-refractivity contribution in [1.29, 1.82) is 0 Å². The van der Waals surface area contributed by atoms with E-state index in [0.717, 1.165) is 37.8 Å². The predicted octanol–water partition coefficient (Wildman–Crippen LogP) is 17.5. The van der Waals surface area contributed by atoms with Crippen molar-refractivity contribution in [2.45, 2.75) is 5.41 Å². The summed E-state index contributed by atoms with van der Waals surface area (Å²) >= 11 is 3.62. The van der Waals surface area contributed by atoms with Gasteiger partial charge in [-0.05, 0) is 104 Å². The van der Waals surface area contributed by atoms with Gasteiger partial charge in [0.1, 0.15) is 5.01 Å². The molecule has 13 rings (SSSR count). The molecule has 0 aliphatic heterocycles. The van der Waals surface area contributed by atoms with Crippen molar-refractivity contribution in [3.63, 3.8) is 0 Å². The van der Waals surface area contributed by atoms with Crippen molar-refractivity contribution in [3.05, 3.63) is 265 Å². The second-order valence-electron chi connectivity index (χ2n) is 17.0. The highest BCUT2D eigenvalue weighted by Crippen LogP contribution is 2.57. The lowest BCUT2D eigenvalue weighted by atomic mass is 9.67. The van der Waals surface area contributed by atoms with Gasteiger partial charge in [0.2, 0.25) is 0 Å². The number of thiazole rings is 1. The van der Waals surface area contributed by atoms with Crippen LogP contribution < -0.4 is 4.90 Å². The highest BCUT2D eigenvalue weighted by atomic mass is 32.1. The number of rotatable bonds is 8. The number of anilines is 3. The number of hydrogen-bond acceptors (Lipinski definition) is 4. The lowest BCUT2D eigenvalue weighted by Crippen LogP contribution is -2.28. The van der Waals surface area contributed by atoms with Crippen LogP contribution in [0.1, 0.15) is 22.3 Å². The van der Waals surface area contributed by atoms with Crippen LogP contribution in [-0.2, 0) is 5.41 Å². The van der Waals surface area contributed by atoms with Gasteiger partial charge in [-0.15, -0.1) is 22.7 Å². The summed E-state index contributed by atoms with van der Waals surface area (Å²) in [6, 6.07) is 88.9. The molecule has 0 N–H and O–H groups in total. The van der Waals surface area contributed by atoms with Crippen molar-refractivity contribution in [1.82, 2.24) is 4.98 Å². The van der Waals surface area contributed by atoms with E-state index >= 15 is 0 Å². The zero-order chi connectivity index (χ0) is 43.6. The van der Waals surface area contributed by atoms with Gasteiger partial charge in [0, 0.05) is 42.8 Å². The SMILES string of the molecule is c1ccc(-c2ccc(-c3nc4ccc(N(c5ccc(-c6cccc7c6sc6ccccc67)cc5)c5ccc6c(c5)C(c5ccccc5)(c5ccccc5)c5ccccc5-6)cc4s3)cc2)cc1. The minimum Gasteiger partial charge on any atom is -0.310 e. The molecular weight excluding hydrogens is 837 g/mol. The Hall–Kier alpha value is -7.89. The minimum absolute atomic E-state index is 0.518. The van der Waals surface area contributed by atoms with E-state index in [0.29, 0.717) is 0 Å². The van der Waals surface area contributed by atoms with E-state index in [1.807, 2.05) is 11.3 Å². The van der Waals surface area contributed by atoms with E-state index < -0.39 is 5.41 Å². The van der Waals surface area contributed by atoms with Crippen molar-refractivity contribution in [2.75, 3.05) is 4.90 Å². The molecule has 0 fully saturated rings. The highest BCUT2D eigenvalue weighted by Gasteiger charge is 2.46. The zero-order valence-electron chi connectivity index (χ0n) is 35.8. The van der Waals surface area contributed by atoms with Crippen LogP contribution in [0.5, 0.6) is 0 Å². The van der Waals surface area contributed by atoms with Gasteiger partial charge in [-0.25, -0.2) is 4.98 Å². The van der Waals surface area contributed by atoms with Gasteiger partial charge >= 0.3 is 0 Å². The number of nitrogens with zero attached hydrogens (tertiary/aromatic N) is 2. The summed E-state index contributed by atoms with van der Waals surface area (Å²) in [5, 5.41) is 3.63. The third-order valence-corrected chi connectivity index (χ3v) is 15.7. The van der Waals surface area contributed by atoms with E-state index in [-0.39, 0.29) is 0 Å². The summed E-state index contributed by atoms with van der Waals surface area (Å²) in [6.07, 6.45) is 0. The van der Waals surface area contributed by atoms with E-state index in [9.17, 15) is 0 Å². The summed E-state index contributed by atoms with van der Waals surface area (Å²) < 4.78 is 3.78. The molecule has 2 aromatic heterocycles. The lowest BCUT2D eigenvalue weighted by Gasteiger charge is -2.35. The maximum atomic E-state index is 5.17. The third kappa shape index (κ3) is 6.18. The summed E-state index contributed by atoms with van der Waals surface area (Å²) in [5.74, 6) is 0. The quantitative estimate of drug-likeness (QED) is 0.151. The smallest absolute Gasteiger partial charge is 0.124 e. The number of benzene rings is 10. The largest absolute Gasteiger partial charge is 0.310 e. The number of fused-ring (bicyclic) bond motifs is 7. The van der Waals surface area contributed by atoms with Crippen LogP contribution in [-0.4, -0.2) is 4.98 Å². The molecule has 310 valence electrons.